The highest BCUT2D eigenvalue weighted by atomic mass is 16.4. The molecule has 0 saturated carbocycles. The number of amides is 1. The summed E-state index contributed by atoms with van der Waals surface area (Å²) in [4.78, 5) is 16.4. The summed E-state index contributed by atoms with van der Waals surface area (Å²) >= 11 is 0. The van der Waals surface area contributed by atoms with E-state index in [1.165, 1.54) is 0 Å². The van der Waals surface area contributed by atoms with Gasteiger partial charge in [-0.1, -0.05) is 13.8 Å². The molecule has 0 fully saturated rings. The first-order valence-corrected chi connectivity index (χ1v) is 7.76. The van der Waals surface area contributed by atoms with Crippen molar-refractivity contribution in [2.75, 3.05) is 26.2 Å². The highest BCUT2D eigenvalue weighted by molar-refractivity contribution is 5.91. The maximum Gasteiger partial charge on any atom is 0.289 e. The number of furan rings is 1. The van der Waals surface area contributed by atoms with Gasteiger partial charge in [-0.25, -0.2) is 0 Å². The number of rotatable bonds is 9. The lowest BCUT2D eigenvalue weighted by atomic mass is 10.2. The van der Waals surface area contributed by atoms with Gasteiger partial charge in [0.15, 0.2) is 5.76 Å². The fourth-order valence-electron chi connectivity index (χ4n) is 2.22. The minimum Gasteiger partial charge on any atom is -0.455 e. The van der Waals surface area contributed by atoms with E-state index >= 15 is 0 Å². The predicted molar refractivity (Wildman–Crippen MR) is 83.2 cm³/mol. The lowest BCUT2D eigenvalue weighted by Gasteiger charge is -2.25. The zero-order valence-corrected chi connectivity index (χ0v) is 13.6. The predicted octanol–water partition coefficient (Wildman–Crippen LogP) is 2.35. The molecule has 5 nitrogen and oxygen atoms in total. The molecule has 0 saturated heterocycles. The quantitative estimate of drug-likeness (QED) is 0.760. The summed E-state index contributed by atoms with van der Waals surface area (Å²) in [6, 6.07) is 3.70. The average molecular weight is 296 g/mol. The van der Waals surface area contributed by atoms with Crippen LogP contribution in [0.1, 0.15) is 50.4 Å². The van der Waals surface area contributed by atoms with Crippen molar-refractivity contribution in [1.29, 1.82) is 0 Å². The second kappa shape index (κ2) is 8.85. The summed E-state index contributed by atoms with van der Waals surface area (Å²) in [5.74, 6) is 1.08. The van der Waals surface area contributed by atoms with E-state index < -0.39 is 0 Å². The minimum absolute atomic E-state index is 0.0837. The molecule has 0 aliphatic heterocycles. The van der Waals surface area contributed by atoms with Gasteiger partial charge >= 0.3 is 0 Å². The molecule has 1 aromatic heterocycles. The molecule has 0 bridgehead atoms. The van der Waals surface area contributed by atoms with Crippen LogP contribution in [-0.2, 0) is 6.54 Å². The first kappa shape index (κ1) is 17.7. The maximum absolute atomic E-state index is 12.5. The molecule has 1 N–H and O–H groups in total. The average Bonchev–Trinajstić information content (AvgIpc) is 2.93. The lowest BCUT2D eigenvalue weighted by Crippen LogP contribution is -2.37. The van der Waals surface area contributed by atoms with Gasteiger partial charge in [0.1, 0.15) is 5.76 Å². The lowest BCUT2D eigenvalue weighted by molar-refractivity contribution is 0.0657. The third-order valence-corrected chi connectivity index (χ3v) is 3.59. The zero-order chi connectivity index (χ0) is 15.8. The molecule has 0 unspecified atom stereocenters. The molecule has 0 atom stereocenters. The van der Waals surface area contributed by atoms with Crippen LogP contribution in [0.2, 0.25) is 0 Å². The third kappa shape index (κ3) is 5.17. The fraction of sp³-hybridized carbons (Fsp3) is 0.688. The van der Waals surface area contributed by atoms with Gasteiger partial charge in [0.05, 0.1) is 6.54 Å². The smallest absolute Gasteiger partial charge is 0.289 e. The van der Waals surface area contributed by atoms with Gasteiger partial charge in [-0.2, -0.15) is 0 Å². The molecule has 0 aliphatic carbocycles. The molecule has 120 valence electrons. The zero-order valence-electron chi connectivity index (χ0n) is 13.6. The van der Waals surface area contributed by atoms with Crippen molar-refractivity contribution in [2.24, 2.45) is 0 Å². The van der Waals surface area contributed by atoms with Gasteiger partial charge < -0.3 is 14.4 Å². The number of carbonyl (C=O) groups is 1. The summed E-state index contributed by atoms with van der Waals surface area (Å²) in [6.07, 6.45) is 0.580. The Bertz CT molecular complexity index is 425. The summed E-state index contributed by atoms with van der Waals surface area (Å²) in [5, 5.41) is 8.94. The Balaban J connectivity index is 2.75. The number of aliphatic hydroxyl groups excluding tert-OH is 1. The number of hydrogen-bond donors (Lipinski definition) is 1. The topological polar surface area (TPSA) is 56.9 Å². The van der Waals surface area contributed by atoms with E-state index in [2.05, 4.69) is 18.7 Å². The first-order chi connectivity index (χ1) is 10.0. The van der Waals surface area contributed by atoms with Crippen molar-refractivity contribution in [1.82, 2.24) is 9.80 Å². The van der Waals surface area contributed by atoms with Gasteiger partial charge in [-0.3, -0.25) is 9.69 Å². The van der Waals surface area contributed by atoms with E-state index in [0.29, 0.717) is 18.7 Å². The number of aliphatic hydroxyl groups is 1. The second-order valence-electron chi connectivity index (χ2n) is 5.40. The van der Waals surface area contributed by atoms with Crippen molar-refractivity contribution in [2.45, 2.75) is 46.7 Å². The summed E-state index contributed by atoms with van der Waals surface area (Å²) in [7, 11) is 0. The van der Waals surface area contributed by atoms with Crippen LogP contribution in [0.15, 0.2) is 16.5 Å². The Hall–Kier alpha value is -1.33. The van der Waals surface area contributed by atoms with Crippen molar-refractivity contribution >= 4 is 5.91 Å². The highest BCUT2D eigenvalue weighted by Crippen LogP contribution is 2.15. The SMILES string of the molecule is CCN(CC)Cc1ccc(C(=O)N(CCCO)C(C)C)o1. The first-order valence-electron chi connectivity index (χ1n) is 7.76. The van der Waals surface area contributed by atoms with E-state index in [1.807, 2.05) is 19.9 Å². The van der Waals surface area contributed by atoms with Crippen LogP contribution in [0.3, 0.4) is 0 Å². The van der Waals surface area contributed by atoms with E-state index in [4.69, 9.17) is 9.52 Å². The summed E-state index contributed by atoms with van der Waals surface area (Å²) < 4.78 is 5.70. The van der Waals surface area contributed by atoms with E-state index in [-0.39, 0.29) is 18.6 Å². The van der Waals surface area contributed by atoms with Crippen molar-refractivity contribution < 1.29 is 14.3 Å². The van der Waals surface area contributed by atoms with Gasteiger partial charge in [0.2, 0.25) is 0 Å². The Morgan fingerprint density at radius 1 is 1.29 bits per heavy atom. The largest absolute Gasteiger partial charge is 0.455 e. The Morgan fingerprint density at radius 2 is 1.95 bits per heavy atom. The Labute approximate surface area is 127 Å². The van der Waals surface area contributed by atoms with Crippen LogP contribution in [0.25, 0.3) is 0 Å². The second-order valence-corrected chi connectivity index (χ2v) is 5.40. The van der Waals surface area contributed by atoms with Crippen LogP contribution in [0.4, 0.5) is 0 Å². The Kier molecular flexibility index (Phi) is 7.47. The van der Waals surface area contributed by atoms with Crippen LogP contribution >= 0.6 is 0 Å². The van der Waals surface area contributed by atoms with Crippen LogP contribution in [-0.4, -0.2) is 53.1 Å². The molecule has 0 aliphatic rings. The molecule has 0 radical (unpaired) electrons. The standard InChI is InChI=1S/C16H28N2O3/c1-5-17(6-2)12-14-8-9-15(21-14)16(20)18(13(3)4)10-7-11-19/h8-9,13,19H,5-7,10-12H2,1-4H3. The summed E-state index contributed by atoms with van der Waals surface area (Å²) in [6.45, 7) is 11.4. The molecular formula is C16H28N2O3. The Morgan fingerprint density at radius 3 is 2.48 bits per heavy atom. The van der Waals surface area contributed by atoms with E-state index in [0.717, 1.165) is 25.4 Å². The third-order valence-electron chi connectivity index (χ3n) is 3.59. The van der Waals surface area contributed by atoms with Crippen molar-refractivity contribution in [3.05, 3.63) is 23.7 Å². The van der Waals surface area contributed by atoms with Gasteiger partial charge in [0.25, 0.3) is 5.91 Å². The molecule has 0 spiro atoms. The van der Waals surface area contributed by atoms with Gasteiger partial charge in [-0.15, -0.1) is 0 Å². The molecule has 1 rings (SSSR count). The highest BCUT2D eigenvalue weighted by Gasteiger charge is 2.21. The fourth-order valence-corrected chi connectivity index (χ4v) is 2.22. The summed E-state index contributed by atoms with van der Waals surface area (Å²) in [5.41, 5.74) is 0. The monoisotopic (exact) mass is 296 g/mol. The maximum atomic E-state index is 12.5. The van der Waals surface area contributed by atoms with E-state index in [9.17, 15) is 4.79 Å². The minimum atomic E-state index is -0.107. The number of hydrogen-bond acceptors (Lipinski definition) is 4. The molecule has 1 amide bonds. The normalized spacial score (nSPS) is 11.4. The van der Waals surface area contributed by atoms with Crippen molar-refractivity contribution in [3.63, 3.8) is 0 Å². The van der Waals surface area contributed by atoms with Crippen LogP contribution < -0.4 is 0 Å². The molecule has 5 heteroatoms. The van der Waals surface area contributed by atoms with E-state index in [1.54, 1.807) is 11.0 Å². The number of carbonyl (C=O) groups excluding carboxylic acids is 1. The van der Waals surface area contributed by atoms with Crippen LogP contribution in [0.5, 0.6) is 0 Å². The van der Waals surface area contributed by atoms with Gasteiger partial charge in [-0.05, 0) is 45.5 Å². The molecule has 1 heterocycles. The van der Waals surface area contributed by atoms with Crippen molar-refractivity contribution in [3.8, 4) is 0 Å². The molecule has 1 aromatic rings. The molecule has 21 heavy (non-hydrogen) atoms. The van der Waals surface area contributed by atoms with Crippen LogP contribution in [0, 0.1) is 0 Å². The number of nitrogens with zero attached hydrogens (tertiary/aromatic N) is 2. The molecule has 0 aromatic carbocycles. The van der Waals surface area contributed by atoms with Gasteiger partial charge in [0, 0.05) is 19.2 Å². The molecular weight excluding hydrogens is 268 g/mol.